The van der Waals surface area contributed by atoms with E-state index in [-0.39, 0.29) is 25.2 Å². The van der Waals surface area contributed by atoms with Gasteiger partial charge in [0.1, 0.15) is 0 Å². The van der Waals surface area contributed by atoms with Gasteiger partial charge in [-0.15, -0.1) is 0 Å². The van der Waals surface area contributed by atoms with Crippen molar-refractivity contribution in [1.29, 1.82) is 0 Å². The van der Waals surface area contributed by atoms with Gasteiger partial charge in [0.25, 0.3) is 0 Å². The minimum Gasteiger partial charge on any atom is -0.550 e. The van der Waals surface area contributed by atoms with Gasteiger partial charge in [0, 0.05) is 47.2 Å². The van der Waals surface area contributed by atoms with Crippen molar-refractivity contribution in [1.82, 2.24) is 0 Å². The van der Waals surface area contributed by atoms with E-state index in [1.54, 1.807) is 0 Å². The third kappa shape index (κ3) is 12.5. The first-order valence-electron chi connectivity index (χ1n) is 6.30. The van der Waals surface area contributed by atoms with Gasteiger partial charge in [-0.1, -0.05) is 0 Å². The number of carboxylic acid groups (broad SMARTS) is 6. The summed E-state index contributed by atoms with van der Waals surface area (Å²) in [4.78, 5) is 60.7. The number of aliphatic carboxylic acids is 6. The predicted molar refractivity (Wildman–Crippen MR) is 71.1 cm³/mol. The fraction of sp³-hybridized carbons (Fsp3) is 0.500. The van der Waals surface area contributed by atoms with Crippen LogP contribution in [0.25, 0.3) is 0 Å². The Morgan fingerprint density at radius 2 is 0.852 bits per heavy atom. The van der Waals surface area contributed by atoms with E-state index in [0.29, 0.717) is 0 Å². The number of hydrogen-bond acceptors (Lipinski definition) is 10. The van der Waals surface area contributed by atoms with Gasteiger partial charge in [-0.2, -0.15) is 0 Å². The van der Waals surface area contributed by atoms with Crippen LogP contribution in [0.4, 0.5) is 0 Å². The van der Waals surface area contributed by atoms with Crippen LogP contribution in [0.5, 0.6) is 0 Å². The largest absolute Gasteiger partial charge is 1.00 e. The van der Waals surface area contributed by atoms with Crippen molar-refractivity contribution in [3.63, 3.8) is 0 Å². The molecule has 0 amide bonds. The summed E-state index contributed by atoms with van der Waals surface area (Å²) in [7, 11) is 0. The van der Waals surface area contributed by atoms with E-state index < -0.39 is 72.7 Å². The van der Waals surface area contributed by atoms with Crippen molar-refractivity contribution in [2.75, 3.05) is 0 Å². The molecule has 159 valence electrons. The topological polar surface area (TPSA) is 270 Å². The molecular weight excluding hydrogens is 476 g/mol. The Morgan fingerprint density at radius 1 is 0.630 bits per heavy atom. The monoisotopic (exact) mass is 491 g/mol. The van der Waals surface area contributed by atoms with Gasteiger partial charge in [-0.05, 0) is 0 Å². The van der Waals surface area contributed by atoms with Crippen molar-refractivity contribution in [3.05, 3.63) is 0 Å². The molecule has 0 aliphatic heterocycles. The van der Waals surface area contributed by atoms with E-state index in [9.17, 15) is 39.0 Å². The fourth-order valence-corrected chi connectivity index (χ4v) is 1.41. The van der Waals surface area contributed by atoms with E-state index in [0.717, 1.165) is 0 Å². The van der Waals surface area contributed by atoms with Gasteiger partial charge in [0.05, 0.1) is 12.8 Å². The summed E-state index contributed by atoms with van der Waals surface area (Å²) in [5.74, 6) is -10.7. The van der Waals surface area contributed by atoms with Crippen molar-refractivity contribution in [2.45, 2.75) is 36.9 Å². The molecule has 0 rings (SSSR count). The molecule has 0 aliphatic rings. The second kappa shape index (κ2) is 12.0. The van der Waals surface area contributed by atoms with Crippen LogP contribution in [0.15, 0.2) is 0 Å². The maximum Gasteiger partial charge on any atom is 1.00 e. The molecule has 0 aromatic rings. The van der Waals surface area contributed by atoms with Crippen LogP contribution in [0.1, 0.15) is 28.5 Å². The molecule has 0 aromatic heterocycles. The second-order valence-electron chi connectivity index (χ2n) is 4.91. The zero-order valence-corrected chi connectivity index (χ0v) is 14.6. The van der Waals surface area contributed by atoms with Gasteiger partial charge in [-0.25, -0.2) is 9.59 Å². The average molecular weight is 492 g/mol. The summed E-state index contributed by atoms with van der Waals surface area (Å²) >= 11 is 0. The summed E-state index contributed by atoms with van der Waals surface area (Å²) in [6.07, 6.45) is -4.88. The molecule has 0 spiro atoms. The third-order valence-corrected chi connectivity index (χ3v) is 2.56. The van der Waals surface area contributed by atoms with Crippen molar-refractivity contribution in [2.24, 2.45) is 0 Å². The normalized spacial score (nSPS) is 14.0. The molecule has 0 aromatic carbocycles. The molecule has 0 heterocycles. The summed E-state index contributed by atoms with van der Waals surface area (Å²) in [6, 6.07) is 0. The van der Waals surface area contributed by atoms with E-state index in [4.69, 9.17) is 30.6 Å². The fourth-order valence-electron chi connectivity index (χ4n) is 1.41. The van der Waals surface area contributed by atoms with E-state index in [1.165, 1.54) is 0 Å². The number of hydrogen-bond donors (Lipinski definition) is 6. The number of aliphatic hydroxyl groups is 2. The van der Waals surface area contributed by atoms with E-state index >= 15 is 0 Å². The van der Waals surface area contributed by atoms with Crippen LogP contribution < -0.4 is 10.2 Å². The van der Waals surface area contributed by atoms with Crippen molar-refractivity contribution >= 4 is 35.8 Å². The molecule has 0 saturated heterocycles. The summed E-state index contributed by atoms with van der Waals surface area (Å²) in [5, 5.41) is 71.0. The second-order valence-corrected chi connectivity index (χ2v) is 4.91. The van der Waals surface area contributed by atoms with E-state index in [2.05, 4.69) is 0 Å². The van der Waals surface area contributed by atoms with Gasteiger partial charge >= 0.3 is 26.7 Å². The Labute approximate surface area is 168 Å². The van der Waals surface area contributed by atoms with Crippen molar-refractivity contribution < 1.29 is 94.9 Å². The molecule has 27 heavy (non-hydrogen) atoms. The maximum atomic E-state index is 10.3. The number of rotatable bonds is 10. The van der Waals surface area contributed by atoms with Crippen LogP contribution in [0.2, 0.25) is 0 Å². The Morgan fingerprint density at radius 3 is 0.963 bits per heavy atom. The van der Waals surface area contributed by atoms with Crippen LogP contribution in [-0.4, -0.2) is 77.7 Å². The Bertz CT molecular complexity index is 523. The number of carbonyl (C=O) groups excluding carboxylic acids is 2. The summed E-state index contributed by atoms with van der Waals surface area (Å²) < 4.78 is 0. The van der Waals surface area contributed by atoms with E-state index in [1.807, 2.05) is 0 Å². The molecule has 0 bridgehead atoms. The third-order valence-electron chi connectivity index (χ3n) is 2.56. The van der Waals surface area contributed by atoms with Crippen LogP contribution >= 0.6 is 0 Å². The SMILES string of the molecule is O=C([O-])CC(O)(CC(=O)O)C(=O)O.O=C([O-])CC(O)(CC(=O)O)C(=O)O.[Ag].[H+].[H+]. The Balaban J connectivity index is -0.000000120. The molecule has 0 saturated carbocycles. The Kier molecular flexibility index (Phi) is 13.0. The minimum absolute atomic E-state index is 0. The first-order valence-corrected chi connectivity index (χ1v) is 6.30. The predicted octanol–water partition coefficient (Wildman–Crippen LogP) is -4.94. The maximum absolute atomic E-state index is 10.3. The van der Waals surface area contributed by atoms with Crippen molar-refractivity contribution in [3.8, 4) is 0 Å². The molecule has 2 unspecified atom stereocenters. The molecule has 14 nitrogen and oxygen atoms in total. The smallest absolute Gasteiger partial charge is 0.550 e. The molecule has 0 fully saturated rings. The number of carbonyl (C=O) groups is 6. The summed E-state index contributed by atoms with van der Waals surface area (Å²) in [6.45, 7) is 0. The van der Waals surface area contributed by atoms with Crippen LogP contribution in [-0.2, 0) is 51.1 Å². The Hall–Kier alpha value is -2.52. The molecule has 2 atom stereocenters. The molecule has 6 N–H and O–H groups in total. The molecule has 15 heteroatoms. The molecular formula is C12H16AgO14. The van der Waals surface area contributed by atoms with Crippen LogP contribution in [0, 0.1) is 0 Å². The zero-order valence-electron chi connectivity index (χ0n) is 15.1. The van der Waals surface area contributed by atoms with Crippen LogP contribution in [0.3, 0.4) is 0 Å². The van der Waals surface area contributed by atoms with Gasteiger partial charge in [0.15, 0.2) is 11.2 Å². The minimum atomic E-state index is -2.80. The van der Waals surface area contributed by atoms with Gasteiger partial charge in [-0.3, -0.25) is 9.59 Å². The standard InChI is InChI=1S/2C6H8O7.Ag/c2*7-3(8)1-6(13,5(11)12)2-4(9)10;/h2*13H,1-2H2,(H,7,8)(H,9,10)(H,11,12);. The zero-order chi connectivity index (χ0) is 21.3. The quantitative estimate of drug-likeness (QED) is 0.156. The first-order chi connectivity index (χ1) is 11.6. The first kappa shape index (κ1) is 29.3. The molecule has 0 aliphatic carbocycles. The van der Waals surface area contributed by atoms with Gasteiger partial charge < -0.3 is 50.4 Å². The number of carboxylic acids is 6. The average Bonchev–Trinajstić information content (AvgIpc) is 2.34. The molecule has 1 radical (unpaired) electrons. The summed E-state index contributed by atoms with van der Waals surface area (Å²) in [5.41, 5.74) is -5.60. The van der Waals surface area contributed by atoms with Gasteiger partial charge in [0.2, 0.25) is 0 Å².